The minimum atomic E-state index is 0.284. The van der Waals surface area contributed by atoms with Gasteiger partial charge in [0.15, 0.2) is 5.17 Å². The van der Waals surface area contributed by atoms with Gasteiger partial charge in [-0.05, 0) is 38.0 Å². The topological polar surface area (TPSA) is 33.6 Å². The van der Waals surface area contributed by atoms with Gasteiger partial charge in [-0.3, -0.25) is 4.99 Å². The van der Waals surface area contributed by atoms with E-state index in [1.165, 1.54) is 49.4 Å². The zero-order chi connectivity index (χ0) is 13.8. The van der Waals surface area contributed by atoms with Gasteiger partial charge in [0, 0.05) is 19.0 Å². The number of hydrogen-bond acceptors (Lipinski definition) is 3. The predicted molar refractivity (Wildman–Crippen MR) is 86.5 cm³/mol. The summed E-state index contributed by atoms with van der Waals surface area (Å²) in [5.41, 5.74) is 0.284. The second kappa shape index (κ2) is 6.69. The van der Waals surface area contributed by atoms with Crippen molar-refractivity contribution in [1.82, 2.24) is 5.32 Å². The van der Waals surface area contributed by atoms with Crippen molar-refractivity contribution < 1.29 is 4.74 Å². The fourth-order valence-corrected chi connectivity index (χ4v) is 5.08. The maximum Gasteiger partial charge on any atom is 0.157 e. The lowest BCUT2D eigenvalue weighted by molar-refractivity contribution is 0.0555. The van der Waals surface area contributed by atoms with Crippen LogP contribution < -0.4 is 5.32 Å². The van der Waals surface area contributed by atoms with Crippen molar-refractivity contribution in [2.75, 3.05) is 19.0 Å². The molecule has 1 N–H and O–H groups in total. The summed E-state index contributed by atoms with van der Waals surface area (Å²) in [6.45, 7) is 4.11. The molecule has 2 saturated heterocycles. The van der Waals surface area contributed by atoms with Gasteiger partial charge in [-0.25, -0.2) is 0 Å². The Morgan fingerprint density at radius 2 is 2.05 bits per heavy atom. The Balaban J connectivity index is 1.62. The molecule has 114 valence electrons. The van der Waals surface area contributed by atoms with Gasteiger partial charge in [0.2, 0.25) is 0 Å². The van der Waals surface area contributed by atoms with Gasteiger partial charge in [0.25, 0.3) is 0 Å². The smallest absolute Gasteiger partial charge is 0.157 e. The molecule has 0 aromatic heterocycles. The minimum absolute atomic E-state index is 0.284. The Labute approximate surface area is 127 Å². The summed E-state index contributed by atoms with van der Waals surface area (Å²) >= 11 is 1.94. The molecular weight excluding hydrogens is 268 g/mol. The van der Waals surface area contributed by atoms with Gasteiger partial charge in [-0.2, -0.15) is 0 Å². The predicted octanol–water partition coefficient (Wildman–Crippen LogP) is 3.59. The van der Waals surface area contributed by atoms with E-state index >= 15 is 0 Å². The van der Waals surface area contributed by atoms with E-state index in [1.807, 2.05) is 11.8 Å². The molecule has 2 aliphatic heterocycles. The van der Waals surface area contributed by atoms with Crippen LogP contribution >= 0.6 is 11.8 Å². The van der Waals surface area contributed by atoms with Crippen LogP contribution in [-0.4, -0.2) is 35.7 Å². The molecule has 1 saturated carbocycles. The molecule has 0 radical (unpaired) electrons. The van der Waals surface area contributed by atoms with E-state index in [2.05, 4.69) is 12.2 Å². The monoisotopic (exact) mass is 296 g/mol. The molecule has 1 spiro atoms. The van der Waals surface area contributed by atoms with Crippen molar-refractivity contribution in [2.45, 2.75) is 69.9 Å². The second-order valence-corrected chi connectivity index (χ2v) is 7.58. The third-order valence-corrected chi connectivity index (χ3v) is 6.38. The number of amidine groups is 1. The van der Waals surface area contributed by atoms with Crippen LogP contribution in [0, 0.1) is 5.92 Å². The highest BCUT2D eigenvalue weighted by Gasteiger charge is 2.39. The van der Waals surface area contributed by atoms with Crippen LogP contribution in [0.5, 0.6) is 0 Å². The molecule has 0 amide bonds. The molecule has 1 unspecified atom stereocenters. The van der Waals surface area contributed by atoms with Gasteiger partial charge in [0.05, 0.1) is 11.6 Å². The van der Waals surface area contributed by atoms with Crippen LogP contribution in [0.1, 0.15) is 58.3 Å². The van der Waals surface area contributed by atoms with Crippen LogP contribution in [0.2, 0.25) is 0 Å². The Hall–Kier alpha value is -0.220. The van der Waals surface area contributed by atoms with Crippen molar-refractivity contribution in [3.8, 4) is 0 Å². The fourth-order valence-electron chi connectivity index (χ4n) is 3.81. The third kappa shape index (κ3) is 3.33. The first-order chi connectivity index (χ1) is 9.81. The van der Waals surface area contributed by atoms with Crippen molar-refractivity contribution in [3.63, 3.8) is 0 Å². The lowest BCUT2D eigenvalue weighted by Crippen LogP contribution is -2.48. The summed E-state index contributed by atoms with van der Waals surface area (Å²) in [5.74, 6) is 2.01. The number of nitrogens with one attached hydrogen (secondary N) is 1. The first-order valence-corrected chi connectivity index (χ1v) is 9.36. The van der Waals surface area contributed by atoms with Crippen molar-refractivity contribution in [1.29, 1.82) is 0 Å². The molecule has 0 bridgehead atoms. The van der Waals surface area contributed by atoms with Crippen LogP contribution in [0.3, 0.4) is 0 Å². The molecule has 0 aromatic carbocycles. The summed E-state index contributed by atoms with van der Waals surface area (Å²) < 4.78 is 5.50. The summed E-state index contributed by atoms with van der Waals surface area (Å²) in [6, 6.07) is 0.542. The molecule has 2 heterocycles. The minimum Gasteiger partial charge on any atom is -0.381 e. The van der Waals surface area contributed by atoms with Gasteiger partial charge >= 0.3 is 0 Å². The van der Waals surface area contributed by atoms with E-state index in [-0.39, 0.29) is 5.54 Å². The molecule has 20 heavy (non-hydrogen) atoms. The SMILES string of the molecule is CCC(N=C1NC2(CCOCC2)CS1)C1CCCCC1. The molecule has 0 aromatic rings. The van der Waals surface area contributed by atoms with Crippen LogP contribution in [0.4, 0.5) is 0 Å². The standard InChI is InChI=1S/C16H28N2OS/c1-2-14(13-6-4-3-5-7-13)17-15-18-16(12-20-15)8-10-19-11-9-16/h13-14H,2-12H2,1H3,(H,17,18). The Morgan fingerprint density at radius 3 is 2.75 bits per heavy atom. The summed E-state index contributed by atoms with van der Waals surface area (Å²) in [4.78, 5) is 5.09. The zero-order valence-electron chi connectivity index (χ0n) is 12.7. The van der Waals surface area contributed by atoms with Crippen LogP contribution in [0.15, 0.2) is 4.99 Å². The highest BCUT2D eigenvalue weighted by Crippen LogP contribution is 2.34. The average molecular weight is 296 g/mol. The number of thioether (sulfide) groups is 1. The van der Waals surface area contributed by atoms with Gasteiger partial charge < -0.3 is 10.1 Å². The summed E-state index contributed by atoms with van der Waals surface area (Å²) in [6.07, 6.45) is 10.5. The van der Waals surface area contributed by atoms with Crippen molar-refractivity contribution in [3.05, 3.63) is 0 Å². The number of rotatable bonds is 3. The Bertz CT molecular complexity index is 346. The molecule has 3 fully saturated rings. The fraction of sp³-hybridized carbons (Fsp3) is 0.938. The van der Waals surface area contributed by atoms with E-state index in [0.717, 1.165) is 32.0 Å². The van der Waals surface area contributed by atoms with E-state index < -0.39 is 0 Å². The van der Waals surface area contributed by atoms with Gasteiger partial charge in [0.1, 0.15) is 0 Å². The summed E-state index contributed by atoms with van der Waals surface area (Å²) in [7, 11) is 0. The Kier molecular flexibility index (Phi) is 4.92. The van der Waals surface area contributed by atoms with Crippen LogP contribution in [0.25, 0.3) is 0 Å². The highest BCUT2D eigenvalue weighted by molar-refractivity contribution is 8.14. The molecule has 1 atom stereocenters. The maximum atomic E-state index is 5.50. The number of ether oxygens (including phenoxy) is 1. The number of hydrogen-bond donors (Lipinski definition) is 1. The quantitative estimate of drug-likeness (QED) is 0.864. The number of aliphatic imine (C=N–C) groups is 1. The molecule has 3 rings (SSSR count). The van der Waals surface area contributed by atoms with E-state index in [0.29, 0.717) is 6.04 Å². The normalized spacial score (nSPS) is 30.6. The maximum absolute atomic E-state index is 5.50. The first-order valence-electron chi connectivity index (χ1n) is 8.38. The lowest BCUT2D eigenvalue weighted by Gasteiger charge is -2.33. The van der Waals surface area contributed by atoms with E-state index in [9.17, 15) is 0 Å². The van der Waals surface area contributed by atoms with Crippen molar-refractivity contribution >= 4 is 16.9 Å². The van der Waals surface area contributed by atoms with Crippen molar-refractivity contribution in [2.24, 2.45) is 10.9 Å². The average Bonchev–Trinajstić information content (AvgIpc) is 2.89. The first kappa shape index (κ1) is 14.7. The summed E-state index contributed by atoms with van der Waals surface area (Å²) in [5, 5.41) is 4.96. The van der Waals surface area contributed by atoms with E-state index in [1.54, 1.807) is 0 Å². The molecule has 3 aliphatic rings. The third-order valence-electron chi connectivity index (χ3n) is 5.20. The van der Waals surface area contributed by atoms with Gasteiger partial charge in [-0.15, -0.1) is 0 Å². The van der Waals surface area contributed by atoms with E-state index in [4.69, 9.17) is 9.73 Å². The van der Waals surface area contributed by atoms with Crippen LogP contribution in [-0.2, 0) is 4.74 Å². The molecule has 4 heteroatoms. The second-order valence-electron chi connectivity index (χ2n) is 6.61. The largest absolute Gasteiger partial charge is 0.381 e. The molecule has 3 nitrogen and oxygen atoms in total. The molecule has 1 aliphatic carbocycles. The molecular formula is C16H28N2OS. The zero-order valence-corrected chi connectivity index (χ0v) is 13.5. The highest BCUT2D eigenvalue weighted by atomic mass is 32.2. The Morgan fingerprint density at radius 1 is 1.30 bits per heavy atom. The number of nitrogens with zero attached hydrogens (tertiary/aromatic N) is 1. The lowest BCUT2D eigenvalue weighted by atomic mass is 9.83. The van der Waals surface area contributed by atoms with Gasteiger partial charge in [-0.1, -0.05) is 37.9 Å².